The molecule has 8 heteroatoms. The fourth-order valence-corrected chi connectivity index (χ4v) is 1.52. The maximum atomic E-state index is 11.5. The zero-order valence-corrected chi connectivity index (χ0v) is 9.16. The van der Waals surface area contributed by atoms with Crippen LogP contribution in [-0.2, 0) is 16.1 Å². The molecule has 2 heterocycles. The van der Waals surface area contributed by atoms with Crippen molar-refractivity contribution in [3.05, 3.63) is 12.4 Å². The summed E-state index contributed by atoms with van der Waals surface area (Å²) in [6.45, 7) is 0.394. The Morgan fingerprint density at radius 3 is 2.41 bits per heavy atom. The van der Waals surface area contributed by atoms with Crippen molar-refractivity contribution < 1.29 is 14.4 Å². The van der Waals surface area contributed by atoms with Gasteiger partial charge in [0.1, 0.15) is 0 Å². The summed E-state index contributed by atoms with van der Waals surface area (Å²) in [5, 5.41) is 3.91. The van der Waals surface area contributed by atoms with Crippen LogP contribution in [0.4, 0.5) is 10.5 Å². The summed E-state index contributed by atoms with van der Waals surface area (Å²) in [7, 11) is 1.27. The first-order valence-electron chi connectivity index (χ1n) is 4.92. The minimum Gasteiger partial charge on any atom is -0.396 e. The molecule has 4 amide bonds. The molecule has 1 aliphatic heterocycles. The van der Waals surface area contributed by atoms with Crippen molar-refractivity contribution in [2.75, 3.05) is 19.3 Å². The lowest BCUT2D eigenvalue weighted by Crippen LogP contribution is -2.34. The fraction of sp³-hybridized carbons (Fsp3) is 0.333. The highest BCUT2D eigenvalue weighted by molar-refractivity contribution is 6.44. The number of urea groups is 1. The molecule has 0 atom stereocenters. The van der Waals surface area contributed by atoms with Gasteiger partial charge in [-0.3, -0.25) is 24.1 Å². The van der Waals surface area contributed by atoms with E-state index in [4.69, 9.17) is 5.73 Å². The SMILES string of the molecule is CN1C(=O)C(=O)N(CCn2cc(N)cn2)C1=O. The molecule has 1 aromatic rings. The van der Waals surface area contributed by atoms with Crippen LogP contribution in [-0.4, -0.2) is 51.0 Å². The number of rotatable bonds is 3. The molecule has 0 aromatic carbocycles. The van der Waals surface area contributed by atoms with Crippen LogP contribution in [0.1, 0.15) is 0 Å². The van der Waals surface area contributed by atoms with E-state index in [1.54, 1.807) is 6.20 Å². The predicted molar refractivity (Wildman–Crippen MR) is 56.5 cm³/mol. The Bertz CT molecular complexity index is 495. The lowest BCUT2D eigenvalue weighted by molar-refractivity contribution is -0.142. The largest absolute Gasteiger partial charge is 0.396 e. The van der Waals surface area contributed by atoms with Crippen LogP contribution in [0.5, 0.6) is 0 Å². The van der Waals surface area contributed by atoms with Crippen molar-refractivity contribution in [3.8, 4) is 0 Å². The van der Waals surface area contributed by atoms with Crippen molar-refractivity contribution in [1.29, 1.82) is 0 Å². The molecule has 1 aromatic heterocycles. The van der Waals surface area contributed by atoms with Gasteiger partial charge in [-0.1, -0.05) is 0 Å². The van der Waals surface area contributed by atoms with E-state index in [2.05, 4.69) is 5.10 Å². The van der Waals surface area contributed by atoms with Gasteiger partial charge in [0.15, 0.2) is 0 Å². The lowest BCUT2D eigenvalue weighted by atomic mass is 10.5. The Labute approximate surface area is 96.6 Å². The van der Waals surface area contributed by atoms with Crippen LogP contribution >= 0.6 is 0 Å². The topological polar surface area (TPSA) is 102 Å². The first-order chi connectivity index (χ1) is 8.00. The van der Waals surface area contributed by atoms with Crippen molar-refractivity contribution >= 4 is 23.5 Å². The van der Waals surface area contributed by atoms with Gasteiger partial charge < -0.3 is 5.73 Å². The highest BCUT2D eigenvalue weighted by Gasteiger charge is 2.41. The van der Waals surface area contributed by atoms with Crippen LogP contribution in [0.3, 0.4) is 0 Å². The third-order valence-corrected chi connectivity index (χ3v) is 2.46. The van der Waals surface area contributed by atoms with E-state index in [0.717, 1.165) is 9.80 Å². The Balaban J connectivity index is 2.02. The van der Waals surface area contributed by atoms with Gasteiger partial charge in [-0.25, -0.2) is 4.79 Å². The van der Waals surface area contributed by atoms with Crippen molar-refractivity contribution in [1.82, 2.24) is 19.6 Å². The van der Waals surface area contributed by atoms with Crippen LogP contribution in [0, 0.1) is 0 Å². The summed E-state index contributed by atoms with van der Waals surface area (Å²) < 4.78 is 1.50. The molecule has 1 aliphatic rings. The van der Waals surface area contributed by atoms with Gasteiger partial charge in [0, 0.05) is 13.2 Å². The van der Waals surface area contributed by atoms with Crippen molar-refractivity contribution in [2.45, 2.75) is 6.54 Å². The van der Waals surface area contributed by atoms with E-state index in [9.17, 15) is 14.4 Å². The highest BCUT2D eigenvalue weighted by atomic mass is 16.2. The van der Waals surface area contributed by atoms with Gasteiger partial charge in [-0.15, -0.1) is 0 Å². The summed E-state index contributed by atoms with van der Waals surface area (Å²) in [4.78, 5) is 35.8. The number of nitrogens with two attached hydrogens (primary N) is 1. The average molecular weight is 237 g/mol. The van der Waals surface area contributed by atoms with Crippen LogP contribution < -0.4 is 5.73 Å². The standard InChI is InChI=1S/C9H11N5O3/c1-12-7(15)8(16)14(9(12)17)3-2-13-5-6(10)4-11-13/h4-5H,2-3,10H2,1H3. The number of carbonyl (C=O) groups is 3. The van der Waals surface area contributed by atoms with E-state index in [1.165, 1.54) is 17.9 Å². The predicted octanol–water partition coefficient (Wildman–Crippen LogP) is -1.11. The fourth-order valence-electron chi connectivity index (χ4n) is 1.52. The van der Waals surface area contributed by atoms with Crippen LogP contribution in [0.25, 0.3) is 0 Å². The molecule has 17 heavy (non-hydrogen) atoms. The summed E-state index contributed by atoms with van der Waals surface area (Å²) in [6, 6.07) is -0.611. The number of anilines is 1. The minimum absolute atomic E-state index is 0.0921. The number of hydrogen-bond donors (Lipinski definition) is 1. The van der Waals surface area contributed by atoms with E-state index in [0.29, 0.717) is 12.2 Å². The lowest BCUT2D eigenvalue weighted by Gasteiger charge is -2.12. The zero-order chi connectivity index (χ0) is 12.6. The summed E-state index contributed by atoms with van der Waals surface area (Å²) >= 11 is 0. The molecular weight excluding hydrogens is 226 g/mol. The maximum absolute atomic E-state index is 11.5. The number of likely N-dealkylation sites (N-methyl/N-ethyl adjacent to an activating group) is 1. The Hall–Kier alpha value is -2.38. The molecule has 2 rings (SSSR count). The molecule has 0 unspecified atom stereocenters. The zero-order valence-electron chi connectivity index (χ0n) is 9.16. The van der Waals surface area contributed by atoms with Gasteiger partial charge in [-0.05, 0) is 0 Å². The number of aromatic nitrogens is 2. The molecule has 1 saturated heterocycles. The third kappa shape index (κ3) is 1.84. The number of imide groups is 2. The molecule has 1 fully saturated rings. The summed E-state index contributed by atoms with van der Waals surface area (Å²) in [5.41, 5.74) is 5.97. The second-order valence-corrected chi connectivity index (χ2v) is 3.64. The Kier molecular flexibility index (Phi) is 2.54. The van der Waals surface area contributed by atoms with E-state index in [-0.39, 0.29) is 6.54 Å². The smallest absolute Gasteiger partial charge is 0.334 e. The molecule has 8 nitrogen and oxygen atoms in total. The molecular formula is C9H11N5O3. The van der Waals surface area contributed by atoms with Gasteiger partial charge >= 0.3 is 17.8 Å². The number of nitrogen functional groups attached to an aromatic ring is 1. The maximum Gasteiger partial charge on any atom is 0.334 e. The normalized spacial score (nSPS) is 16.2. The summed E-state index contributed by atoms with van der Waals surface area (Å²) in [6.07, 6.45) is 3.04. The van der Waals surface area contributed by atoms with E-state index >= 15 is 0 Å². The number of carbonyl (C=O) groups excluding carboxylic acids is 3. The van der Waals surface area contributed by atoms with E-state index in [1.807, 2.05) is 0 Å². The second kappa shape index (κ2) is 3.89. The second-order valence-electron chi connectivity index (χ2n) is 3.64. The van der Waals surface area contributed by atoms with Gasteiger partial charge in [0.2, 0.25) is 0 Å². The Morgan fingerprint density at radius 1 is 1.24 bits per heavy atom. The molecule has 0 bridgehead atoms. The molecule has 0 spiro atoms. The molecule has 0 aliphatic carbocycles. The van der Waals surface area contributed by atoms with Gasteiger partial charge in [0.05, 0.1) is 25.0 Å². The Morgan fingerprint density at radius 2 is 1.94 bits per heavy atom. The minimum atomic E-state index is -0.810. The van der Waals surface area contributed by atoms with Crippen molar-refractivity contribution in [2.24, 2.45) is 0 Å². The average Bonchev–Trinajstić information content (AvgIpc) is 2.78. The molecule has 0 saturated carbocycles. The van der Waals surface area contributed by atoms with E-state index < -0.39 is 17.8 Å². The number of amides is 4. The first kappa shape index (κ1) is 11.1. The first-order valence-corrected chi connectivity index (χ1v) is 4.92. The highest BCUT2D eigenvalue weighted by Crippen LogP contribution is 2.09. The molecule has 0 radical (unpaired) electrons. The summed E-state index contributed by atoms with van der Waals surface area (Å²) in [5.74, 6) is -1.62. The molecule has 90 valence electrons. The number of hydrogen-bond acceptors (Lipinski definition) is 5. The van der Waals surface area contributed by atoms with Crippen LogP contribution in [0.2, 0.25) is 0 Å². The monoisotopic (exact) mass is 237 g/mol. The number of nitrogens with zero attached hydrogens (tertiary/aromatic N) is 4. The van der Waals surface area contributed by atoms with Gasteiger partial charge in [0.25, 0.3) is 0 Å². The van der Waals surface area contributed by atoms with Gasteiger partial charge in [-0.2, -0.15) is 5.10 Å². The quantitative estimate of drug-likeness (QED) is 0.530. The van der Waals surface area contributed by atoms with Crippen molar-refractivity contribution in [3.63, 3.8) is 0 Å². The van der Waals surface area contributed by atoms with Crippen LogP contribution in [0.15, 0.2) is 12.4 Å². The molecule has 2 N–H and O–H groups in total. The third-order valence-electron chi connectivity index (χ3n) is 2.46.